The van der Waals surface area contributed by atoms with E-state index >= 15 is 0 Å². The first-order chi connectivity index (χ1) is 10.6. The predicted molar refractivity (Wildman–Crippen MR) is 95.4 cm³/mol. The van der Waals surface area contributed by atoms with Crippen LogP contribution in [0.15, 0.2) is 24.3 Å². The number of likely N-dealkylation sites (tertiary alicyclic amines) is 1. The van der Waals surface area contributed by atoms with Gasteiger partial charge in [0.25, 0.3) is 0 Å². The SMILES string of the molecule is Cc1ccccc1Nc1nn(CN2CCC(C)CC2)c(=S)s1. The minimum Gasteiger partial charge on any atom is -0.330 e. The normalized spacial score (nSPS) is 16.8. The van der Waals surface area contributed by atoms with Gasteiger partial charge in [0, 0.05) is 18.8 Å². The number of nitrogens with zero attached hydrogens (tertiary/aromatic N) is 3. The fraction of sp³-hybridized carbons (Fsp3) is 0.500. The van der Waals surface area contributed by atoms with Crippen molar-refractivity contribution in [3.63, 3.8) is 0 Å². The Balaban J connectivity index is 1.69. The van der Waals surface area contributed by atoms with E-state index in [4.69, 9.17) is 12.2 Å². The maximum atomic E-state index is 5.47. The molecule has 0 unspecified atom stereocenters. The number of rotatable bonds is 4. The molecule has 1 saturated heterocycles. The maximum absolute atomic E-state index is 5.47. The minimum absolute atomic E-state index is 0.803. The summed E-state index contributed by atoms with van der Waals surface area (Å²) in [6, 6.07) is 8.22. The van der Waals surface area contributed by atoms with Crippen LogP contribution in [0.3, 0.4) is 0 Å². The lowest BCUT2D eigenvalue weighted by atomic mass is 10.00. The van der Waals surface area contributed by atoms with Gasteiger partial charge in [0.15, 0.2) is 3.95 Å². The molecule has 1 aliphatic rings. The van der Waals surface area contributed by atoms with Crippen LogP contribution in [-0.2, 0) is 6.67 Å². The third-order valence-corrected chi connectivity index (χ3v) is 5.43. The highest BCUT2D eigenvalue weighted by molar-refractivity contribution is 7.73. The van der Waals surface area contributed by atoms with Gasteiger partial charge in [0.05, 0.1) is 6.67 Å². The second kappa shape index (κ2) is 6.89. The van der Waals surface area contributed by atoms with Crippen LogP contribution in [0.25, 0.3) is 0 Å². The predicted octanol–water partition coefficient (Wildman–Crippen LogP) is 4.42. The van der Waals surface area contributed by atoms with Crippen molar-refractivity contribution >= 4 is 34.4 Å². The Hall–Kier alpha value is -1.24. The number of benzene rings is 1. The topological polar surface area (TPSA) is 33.1 Å². The standard InChI is InChI=1S/C16H22N4S2/c1-12-7-9-19(10-8-12)11-20-16(21)22-15(18-20)17-14-6-4-3-5-13(14)2/h3-6,12H,7-11H2,1-2H3,(H,17,18). The molecule has 1 fully saturated rings. The van der Waals surface area contributed by atoms with Crippen LogP contribution < -0.4 is 5.32 Å². The smallest absolute Gasteiger partial charge is 0.209 e. The van der Waals surface area contributed by atoms with Crippen LogP contribution in [0, 0.1) is 16.8 Å². The van der Waals surface area contributed by atoms with Crippen molar-refractivity contribution in [3.8, 4) is 0 Å². The maximum Gasteiger partial charge on any atom is 0.209 e. The van der Waals surface area contributed by atoms with Crippen molar-refractivity contribution in [2.75, 3.05) is 18.4 Å². The highest BCUT2D eigenvalue weighted by atomic mass is 32.1. The lowest BCUT2D eigenvalue weighted by molar-refractivity contribution is 0.146. The van der Waals surface area contributed by atoms with E-state index < -0.39 is 0 Å². The molecule has 0 bridgehead atoms. The second-order valence-corrected chi connectivity index (χ2v) is 7.68. The molecule has 0 amide bonds. The first-order valence-electron chi connectivity index (χ1n) is 7.75. The summed E-state index contributed by atoms with van der Waals surface area (Å²) in [6.07, 6.45) is 2.54. The first-order valence-corrected chi connectivity index (χ1v) is 8.97. The van der Waals surface area contributed by atoms with Gasteiger partial charge in [0.2, 0.25) is 5.13 Å². The molecular formula is C16H22N4S2. The van der Waals surface area contributed by atoms with Crippen LogP contribution >= 0.6 is 23.6 Å². The van der Waals surface area contributed by atoms with Crippen LogP contribution in [0.2, 0.25) is 0 Å². The summed E-state index contributed by atoms with van der Waals surface area (Å²) in [7, 11) is 0. The molecule has 1 aliphatic heterocycles. The molecular weight excluding hydrogens is 312 g/mol. The molecule has 1 aromatic carbocycles. The Kier molecular flexibility index (Phi) is 4.90. The fourth-order valence-corrected chi connectivity index (χ4v) is 3.67. The number of nitrogens with one attached hydrogen (secondary N) is 1. The van der Waals surface area contributed by atoms with Crippen molar-refractivity contribution in [3.05, 3.63) is 33.8 Å². The Morgan fingerprint density at radius 3 is 2.77 bits per heavy atom. The Labute approximate surface area is 140 Å². The lowest BCUT2D eigenvalue weighted by Gasteiger charge is -2.29. The summed E-state index contributed by atoms with van der Waals surface area (Å²) < 4.78 is 2.77. The van der Waals surface area contributed by atoms with E-state index in [0.29, 0.717) is 0 Å². The van der Waals surface area contributed by atoms with Crippen molar-refractivity contribution in [1.29, 1.82) is 0 Å². The second-order valence-electron chi connectivity index (χ2n) is 6.05. The number of hydrogen-bond donors (Lipinski definition) is 1. The molecule has 0 spiro atoms. The monoisotopic (exact) mass is 334 g/mol. The van der Waals surface area contributed by atoms with E-state index in [1.54, 1.807) is 0 Å². The summed E-state index contributed by atoms with van der Waals surface area (Å²) in [5.74, 6) is 0.845. The van der Waals surface area contributed by atoms with E-state index in [0.717, 1.165) is 40.4 Å². The largest absolute Gasteiger partial charge is 0.330 e. The average molecular weight is 335 g/mol. The van der Waals surface area contributed by atoms with Gasteiger partial charge in [-0.1, -0.05) is 36.5 Å². The van der Waals surface area contributed by atoms with Gasteiger partial charge in [-0.3, -0.25) is 4.90 Å². The molecule has 118 valence electrons. The highest BCUT2D eigenvalue weighted by Gasteiger charge is 2.16. The molecule has 1 N–H and O–H groups in total. The molecule has 4 nitrogen and oxygen atoms in total. The average Bonchev–Trinajstić information content (AvgIpc) is 2.84. The molecule has 3 rings (SSSR count). The summed E-state index contributed by atoms with van der Waals surface area (Å²) in [6.45, 7) is 7.50. The number of hydrogen-bond acceptors (Lipinski definition) is 5. The van der Waals surface area contributed by atoms with Gasteiger partial charge < -0.3 is 5.32 Å². The number of aromatic nitrogens is 2. The van der Waals surface area contributed by atoms with Gasteiger partial charge in [0.1, 0.15) is 0 Å². The van der Waals surface area contributed by atoms with Gasteiger partial charge in [-0.25, -0.2) is 4.68 Å². The van der Waals surface area contributed by atoms with Gasteiger partial charge in [-0.15, -0.1) is 5.10 Å². The third-order valence-electron chi connectivity index (χ3n) is 4.20. The van der Waals surface area contributed by atoms with Crippen molar-refractivity contribution in [2.24, 2.45) is 5.92 Å². The summed E-state index contributed by atoms with van der Waals surface area (Å²) in [5, 5.41) is 8.88. The molecule has 2 heterocycles. The molecule has 22 heavy (non-hydrogen) atoms. The quantitative estimate of drug-likeness (QED) is 0.839. The highest BCUT2D eigenvalue weighted by Crippen LogP contribution is 2.23. The summed E-state index contributed by atoms with van der Waals surface area (Å²) >= 11 is 7.00. The minimum atomic E-state index is 0.803. The van der Waals surface area contributed by atoms with Crippen LogP contribution in [0.1, 0.15) is 25.3 Å². The summed E-state index contributed by atoms with van der Waals surface area (Å²) in [4.78, 5) is 2.44. The Morgan fingerprint density at radius 1 is 1.32 bits per heavy atom. The molecule has 6 heteroatoms. The van der Waals surface area contributed by atoms with E-state index in [9.17, 15) is 0 Å². The lowest BCUT2D eigenvalue weighted by Crippen LogP contribution is -2.34. The number of aryl methyl sites for hydroxylation is 1. The first kappa shape index (κ1) is 15.6. The number of anilines is 2. The van der Waals surface area contributed by atoms with Crippen LogP contribution in [0.5, 0.6) is 0 Å². The number of piperidine rings is 1. The van der Waals surface area contributed by atoms with Crippen molar-refractivity contribution in [1.82, 2.24) is 14.7 Å². The zero-order valence-electron chi connectivity index (χ0n) is 13.1. The van der Waals surface area contributed by atoms with E-state index in [1.807, 2.05) is 16.8 Å². The Bertz CT molecular complexity index is 683. The molecule has 0 aliphatic carbocycles. The number of para-hydroxylation sites is 1. The van der Waals surface area contributed by atoms with Crippen molar-refractivity contribution < 1.29 is 0 Å². The molecule has 0 radical (unpaired) electrons. The van der Waals surface area contributed by atoms with E-state index in [1.165, 1.54) is 29.7 Å². The third kappa shape index (κ3) is 3.74. The van der Waals surface area contributed by atoms with E-state index in [-0.39, 0.29) is 0 Å². The molecule has 0 saturated carbocycles. The molecule has 0 atom stereocenters. The fourth-order valence-electron chi connectivity index (χ4n) is 2.67. The molecule has 2 aromatic rings. The molecule has 1 aromatic heterocycles. The van der Waals surface area contributed by atoms with Gasteiger partial charge >= 0.3 is 0 Å². The summed E-state index contributed by atoms with van der Waals surface area (Å²) in [5.41, 5.74) is 2.30. The van der Waals surface area contributed by atoms with Crippen LogP contribution in [0.4, 0.5) is 10.8 Å². The zero-order valence-corrected chi connectivity index (χ0v) is 14.7. The van der Waals surface area contributed by atoms with Crippen LogP contribution in [-0.4, -0.2) is 27.8 Å². The van der Waals surface area contributed by atoms with E-state index in [2.05, 4.69) is 41.3 Å². The van der Waals surface area contributed by atoms with Gasteiger partial charge in [-0.2, -0.15) is 0 Å². The zero-order chi connectivity index (χ0) is 15.5. The van der Waals surface area contributed by atoms with Crippen molar-refractivity contribution in [2.45, 2.75) is 33.4 Å². The van der Waals surface area contributed by atoms with Gasteiger partial charge in [-0.05, 0) is 49.5 Å². The Morgan fingerprint density at radius 2 is 2.05 bits per heavy atom.